The molecule has 0 saturated heterocycles. The summed E-state index contributed by atoms with van der Waals surface area (Å²) in [5.74, 6) is 1.30. The van der Waals surface area contributed by atoms with Crippen molar-refractivity contribution < 1.29 is 4.74 Å². The van der Waals surface area contributed by atoms with Gasteiger partial charge in [0.05, 0.1) is 11.7 Å². The van der Waals surface area contributed by atoms with Crippen molar-refractivity contribution in [2.24, 2.45) is 11.7 Å². The molecule has 16 heavy (non-hydrogen) atoms. The number of benzene rings is 1. The molecule has 0 aromatic heterocycles. The first kappa shape index (κ1) is 11.0. The molecule has 1 aromatic rings. The summed E-state index contributed by atoms with van der Waals surface area (Å²) in [5, 5.41) is 8.99. The van der Waals surface area contributed by atoms with E-state index in [1.807, 2.05) is 25.1 Å². The van der Waals surface area contributed by atoms with E-state index < -0.39 is 0 Å². The zero-order valence-corrected chi connectivity index (χ0v) is 9.44. The van der Waals surface area contributed by atoms with Crippen molar-refractivity contribution in [3.63, 3.8) is 0 Å². The van der Waals surface area contributed by atoms with Crippen molar-refractivity contribution >= 4 is 0 Å². The molecule has 84 valence electrons. The molecular weight excluding hydrogens is 200 g/mol. The van der Waals surface area contributed by atoms with E-state index in [0.29, 0.717) is 17.2 Å². The van der Waals surface area contributed by atoms with Crippen molar-refractivity contribution in [1.82, 2.24) is 0 Å². The third kappa shape index (κ3) is 2.17. The molecule has 0 heterocycles. The van der Waals surface area contributed by atoms with E-state index in [1.165, 1.54) is 0 Å². The number of nitrogens with zero attached hydrogens (tertiary/aromatic N) is 1. The predicted octanol–water partition coefficient (Wildman–Crippen LogP) is 1.98. The van der Waals surface area contributed by atoms with Gasteiger partial charge in [0.25, 0.3) is 0 Å². The van der Waals surface area contributed by atoms with Crippen LogP contribution in [0.2, 0.25) is 0 Å². The quantitative estimate of drug-likeness (QED) is 0.840. The van der Waals surface area contributed by atoms with Crippen LogP contribution in [0.15, 0.2) is 18.2 Å². The van der Waals surface area contributed by atoms with Gasteiger partial charge >= 0.3 is 0 Å². The summed E-state index contributed by atoms with van der Waals surface area (Å²) < 4.78 is 5.78. The Morgan fingerprint density at radius 1 is 1.50 bits per heavy atom. The Balaban J connectivity index is 2.03. The normalized spacial score (nSPS) is 23.3. The molecule has 0 aliphatic heterocycles. The molecule has 0 bridgehead atoms. The highest BCUT2D eigenvalue weighted by Gasteiger charge is 2.30. The first-order valence-electron chi connectivity index (χ1n) is 5.60. The van der Waals surface area contributed by atoms with Gasteiger partial charge in [-0.2, -0.15) is 5.26 Å². The standard InChI is InChI=1S/C13H16N2O/c1-9-2-3-13(11(4-9)8-15)16-12-5-10(6-12)7-14/h2-4,10,12H,5-7,14H2,1H3. The number of aryl methyl sites for hydroxylation is 1. The average Bonchev–Trinajstić information content (AvgIpc) is 2.24. The molecule has 0 radical (unpaired) electrons. The van der Waals surface area contributed by atoms with Crippen LogP contribution in [0.5, 0.6) is 5.75 Å². The van der Waals surface area contributed by atoms with E-state index in [-0.39, 0.29) is 6.10 Å². The van der Waals surface area contributed by atoms with Crippen LogP contribution in [0.1, 0.15) is 24.0 Å². The van der Waals surface area contributed by atoms with Gasteiger partial charge in [-0.3, -0.25) is 0 Å². The van der Waals surface area contributed by atoms with Crippen LogP contribution >= 0.6 is 0 Å². The summed E-state index contributed by atoms with van der Waals surface area (Å²) in [4.78, 5) is 0. The number of hydrogen-bond acceptors (Lipinski definition) is 3. The smallest absolute Gasteiger partial charge is 0.137 e. The fourth-order valence-corrected chi connectivity index (χ4v) is 1.98. The Hall–Kier alpha value is -1.53. The molecular formula is C13H16N2O. The molecule has 3 heteroatoms. The van der Waals surface area contributed by atoms with E-state index in [4.69, 9.17) is 15.7 Å². The molecule has 1 saturated carbocycles. The van der Waals surface area contributed by atoms with Gasteiger partial charge in [-0.15, -0.1) is 0 Å². The minimum absolute atomic E-state index is 0.239. The largest absolute Gasteiger partial charge is 0.489 e. The molecule has 1 aliphatic rings. The molecule has 0 amide bonds. The van der Waals surface area contributed by atoms with Gasteiger partial charge in [0.2, 0.25) is 0 Å². The number of nitrogens with two attached hydrogens (primary N) is 1. The van der Waals surface area contributed by atoms with E-state index >= 15 is 0 Å². The second-order valence-electron chi connectivity index (χ2n) is 4.42. The lowest BCUT2D eigenvalue weighted by Crippen LogP contribution is -2.37. The van der Waals surface area contributed by atoms with Crippen molar-refractivity contribution in [3.8, 4) is 11.8 Å². The maximum atomic E-state index is 8.99. The molecule has 0 spiro atoms. The van der Waals surface area contributed by atoms with Gasteiger partial charge in [0.1, 0.15) is 11.8 Å². The first-order chi connectivity index (χ1) is 7.72. The van der Waals surface area contributed by atoms with Crippen LogP contribution in [-0.2, 0) is 0 Å². The summed E-state index contributed by atoms with van der Waals surface area (Å²) >= 11 is 0. The fraction of sp³-hybridized carbons (Fsp3) is 0.462. The van der Waals surface area contributed by atoms with Crippen LogP contribution in [0.3, 0.4) is 0 Å². The van der Waals surface area contributed by atoms with E-state index in [1.54, 1.807) is 0 Å². The maximum Gasteiger partial charge on any atom is 0.137 e. The SMILES string of the molecule is Cc1ccc(OC2CC(CN)C2)c(C#N)c1. The monoisotopic (exact) mass is 216 g/mol. The third-order valence-electron chi connectivity index (χ3n) is 3.07. The van der Waals surface area contributed by atoms with Crippen LogP contribution in [-0.4, -0.2) is 12.6 Å². The average molecular weight is 216 g/mol. The highest BCUT2D eigenvalue weighted by molar-refractivity contribution is 5.45. The predicted molar refractivity (Wildman–Crippen MR) is 62.1 cm³/mol. The Bertz CT molecular complexity index is 416. The van der Waals surface area contributed by atoms with Crippen LogP contribution in [0.4, 0.5) is 0 Å². The Labute approximate surface area is 95.8 Å². The van der Waals surface area contributed by atoms with Crippen LogP contribution in [0, 0.1) is 24.2 Å². The molecule has 1 aliphatic carbocycles. The van der Waals surface area contributed by atoms with E-state index in [2.05, 4.69) is 6.07 Å². The zero-order valence-electron chi connectivity index (χ0n) is 9.44. The second-order valence-corrected chi connectivity index (χ2v) is 4.42. The third-order valence-corrected chi connectivity index (χ3v) is 3.07. The zero-order chi connectivity index (χ0) is 11.5. The Morgan fingerprint density at radius 3 is 2.88 bits per heavy atom. The lowest BCUT2D eigenvalue weighted by atomic mass is 9.82. The second kappa shape index (κ2) is 4.54. The topological polar surface area (TPSA) is 59.0 Å². The summed E-state index contributed by atoms with van der Waals surface area (Å²) in [6.45, 7) is 2.71. The summed E-state index contributed by atoms with van der Waals surface area (Å²) in [6.07, 6.45) is 2.26. The molecule has 1 aromatic carbocycles. The van der Waals surface area contributed by atoms with Crippen LogP contribution in [0.25, 0.3) is 0 Å². The molecule has 3 nitrogen and oxygen atoms in total. The fourth-order valence-electron chi connectivity index (χ4n) is 1.98. The van der Waals surface area contributed by atoms with Gasteiger partial charge in [-0.25, -0.2) is 0 Å². The molecule has 2 rings (SSSR count). The summed E-state index contributed by atoms with van der Waals surface area (Å²) in [6, 6.07) is 7.87. The minimum Gasteiger partial charge on any atom is -0.489 e. The van der Waals surface area contributed by atoms with Crippen LogP contribution < -0.4 is 10.5 Å². The Kier molecular flexibility index (Phi) is 3.12. The van der Waals surface area contributed by atoms with Crippen molar-refractivity contribution in [3.05, 3.63) is 29.3 Å². The Morgan fingerprint density at radius 2 is 2.25 bits per heavy atom. The molecule has 2 N–H and O–H groups in total. The van der Waals surface area contributed by atoms with Crippen molar-refractivity contribution in [1.29, 1.82) is 5.26 Å². The maximum absolute atomic E-state index is 8.99. The lowest BCUT2D eigenvalue weighted by Gasteiger charge is -2.34. The summed E-state index contributed by atoms with van der Waals surface area (Å²) in [7, 11) is 0. The molecule has 1 fully saturated rings. The first-order valence-corrected chi connectivity index (χ1v) is 5.60. The number of hydrogen-bond donors (Lipinski definition) is 1. The summed E-state index contributed by atoms with van der Waals surface area (Å²) in [5.41, 5.74) is 7.26. The molecule has 0 unspecified atom stereocenters. The molecule has 0 atom stereocenters. The number of nitriles is 1. The van der Waals surface area contributed by atoms with Gasteiger partial charge in [0, 0.05) is 0 Å². The highest BCUT2D eigenvalue weighted by atomic mass is 16.5. The van der Waals surface area contributed by atoms with Gasteiger partial charge in [-0.05, 0) is 49.9 Å². The van der Waals surface area contributed by atoms with E-state index in [9.17, 15) is 0 Å². The minimum atomic E-state index is 0.239. The number of rotatable bonds is 3. The van der Waals surface area contributed by atoms with E-state index in [0.717, 1.165) is 24.9 Å². The lowest BCUT2D eigenvalue weighted by molar-refractivity contribution is 0.0688. The van der Waals surface area contributed by atoms with Gasteiger partial charge in [0.15, 0.2) is 0 Å². The highest BCUT2D eigenvalue weighted by Crippen LogP contribution is 2.31. The number of ether oxygens (including phenoxy) is 1. The van der Waals surface area contributed by atoms with Gasteiger partial charge in [-0.1, -0.05) is 6.07 Å². The van der Waals surface area contributed by atoms with Gasteiger partial charge < -0.3 is 10.5 Å². The van der Waals surface area contributed by atoms with Crippen molar-refractivity contribution in [2.75, 3.05) is 6.54 Å². The van der Waals surface area contributed by atoms with Crippen molar-refractivity contribution in [2.45, 2.75) is 25.9 Å².